The molecule has 0 unspecified atom stereocenters. The van der Waals surface area contributed by atoms with Crippen LogP contribution in [0.3, 0.4) is 0 Å². The minimum atomic E-state index is -1.46. The van der Waals surface area contributed by atoms with Gasteiger partial charge in [-0.15, -0.1) is 0 Å². The predicted octanol–water partition coefficient (Wildman–Crippen LogP) is -6.50. The van der Waals surface area contributed by atoms with E-state index in [1.54, 1.807) is 0 Å². The summed E-state index contributed by atoms with van der Waals surface area (Å²) in [5, 5.41) is 19.6. The van der Waals surface area contributed by atoms with Gasteiger partial charge in [0.25, 0.3) is 0 Å². The van der Waals surface area contributed by atoms with Crippen LogP contribution in [0.25, 0.3) is 0 Å². The first-order chi connectivity index (χ1) is 8.07. The Kier molecular flexibility index (Phi) is 14.8. The molecule has 2 amide bonds. The zero-order valence-corrected chi connectivity index (χ0v) is 12.2. The molecule has 19 heavy (non-hydrogen) atoms. The standard InChI is InChI=1S/2C4H8N2O3.Ca/c2*5-2(4(8)9)1-3(6)7;/h2*2H,1,5H2,(H2,6,7)(H,8,9);/q;;+2/p-2/t2*2-;/m00./s1. The van der Waals surface area contributed by atoms with Crippen LogP contribution in [0.1, 0.15) is 12.8 Å². The van der Waals surface area contributed by atoms with Crippen LogP contribution in [0, 0.1) is 0 Å². The maximum Gasteiger partial charge on any atom is 2.00 e. The molecule has 0 aromatic rings. The number of hydrogen-bond donors (Lipinski definition) is 4. The van der Waals surface area contributed by atoms with E-state index in [0.29, 0.717) is 0 Å². The molecule has 0 bridgehead atoms. The third-order valence-electron chi connectivity index (χ3n) is 1.45. The van der Waals surface area contributed by atoms with Crippen LogP contribution in [0.2, 0.25) is 0 Å². The zero-order valence-electron chi connectivity index (χ0n) is 10.0. The van der Waals surface area contributed by atoms with E-state index in [1.165, 1.54) is 0 Å². The molecule has 0 radical (unpaired) electrons. The topological polar surface area (TPSA) is 218 Å². The van der Waals surface area contributed by atoms with Crippen molar-refractivity contribution in [2.24, 2.45) is 22.9 Å². The summed E-state index contributed by atoms with van der Waals surface area (Å²) in [6.07, 6.45) is -0.745. The summed E-state index contributed by atoms with van der Waals surface area (Å²) in [6, 6.07) is -2.55. The van der Waals surface area contributed by atoms with Crippen molar-refractivity contribution >= 4 is 61.5 Å². The van der Waals surface area contributed by atoms with Crippen molar-refractivity contribution in [3.8, 4) is 0 Å². The molecule has 0 saturated heterocycles. The SMILES string of the molecule is NC(=O)C[C@H](N)C(=O)[O-].NC(=O)C[C@H](N)C(=O)[O-].[Ca+2]. The van der Waals surface area contributed by atoms with Gasteiger partial charge in [-0.25, -0.2) is 0 Å². The Morgan fingerprint density at radius 3 is 1.05 bits per heavy atom. The first-order valence-corrected chi connectivity index (χ1v) is 4.57. The maximum absolute atomic E-state index is 9.97. The summed E-state index contributed by atoms with van der Waals surface area (Å²) >= 11 is 0. The van der Waals surface area contributed by atoms with Crippen molar-refractivity contribution in [1.29, 1.82) is 0 Å². The third kappa shape index (κ3) is 17.1. The van der Waals surface area contributed by atoms with Gasteiger partial charge in [0.15, 0.2) is 0 Å². The minimum Gasteiger partial charge on any atom is -0.548 e. The number of nitrogens with two attached hydrogens (primary N) is 4. The number of primary amides is 2. The van der Waals surface area contributed by atoms with Gasteiger partial charge in [0, 0.05) is 12.8 Å². The van der Waals surface area contributed by atoms with Crippen molar-refractivity contribution in [2.75, 3.05) is 0 Å². The van der Waals surface area contributed by atoms with Gasteiger partial charge in [0.2, 0.25) is 11.8 Å². The zero-order chi connectivity index (χ0) is 14.9. The Hall–Kier alpha value is -0.940. The average molecular weight is 302 g/mol. The van der Waals surface area contributed by atoms with E-state index in [0.717, 1.165) is 0 Å². The van der Waals surface area contributed by atoms with E-state index in [2.05, 4.69) is 11.5 Å². The third-order valence-corrected chi connectivity index (χ3v) is 1.45. The van der Waals surface area contributed by atoms with Gasteiger partial charge in [-0.05, 0) is 0 Å². The Morgan fingerprint density at radius 2 is 1.00 bits per heavy atom. The second-order valence-electron chi connectivity index (χ2n) is 3.19. The fourth-order valence-electron chi connectivity index (χ4n) is 0.600. The molecule has 11 heteroatoms. The number of carbonyl (C=O) groups excluding carboxylic acids is 4. The van der Waals surface area contributed by atoms with Crippen LogP contribution < -0.4 is 33.1 Å². The molecule has 0 aromatic heterocycles. The molecule has 0 aliphatic rings. The summed E-state index contributed by atoms with van der Waals surface area (Å²) < 4.78 is 0. The summed E-state index contributed by atoms with van der Waals surface area (Å²) in [5.74, 6) is -4.42. The molecular weight excluding hydrogens is 288 g/mol. The van der Waals surface area contributed by atoms with Crippen LogP contribution in [0.5, 0.6) is 0 Å². The van der Waals surface area contributed by atoms with Crippen molar-refractivity contribution in [1.82, 2.24) is 0 Å². The van der Waals surface area contributed by atoms with Crippen LogP contribution >= 0.6 is 0 Å². The van der Waals surface area contributed by atoms with Crippen LogP contribution in [0.4, 0.5) is 0 Å². The quantitative estimate of drug-likeness (QED) is 0.344. The van der Waals surface area contributed by atoms with E-state index >= 15 is 0 Å². The number of carboxylic acid groups (broad SMARTS) is 2. The summed E-state index contributed by atoms with van der Waals surface area (Å²) in [4.78, 5) is 39.5. The molecule has 0 spiro atoms. The van der Waals surface area contributed by atoms with E-state index in [9.17, 15) is 29.4 Å². The molecule has 8 N–H and O–H groups in total. The number of carboxylic acids is 2. The predicted molar refractivity (Wildman–Crippen MR) is 59.3 cm³/mol. The molecule has 104 valence electrons. The first kappa shape index (κ1) is 23.2. The van der Waals surface area contributed by atoms with Crippen LogP contribution in [-0.4, -0.2) is 73.6 Å². The van der Waals surface area contributed by atoms with Gasteiger partial charge >= 0.3 is 37.7 Å². The monoisotopic (exact) mass is 302 g/mol. The van der Waals surface area contributed by atoms with Crippen molar-refractivity contribution in [3.05, 3.63) is 0 Å². The number of hydrogen-bond acceptors (Lipinski definition) is 8. The van der Waals surface area contributed by atoms with Crippen molar-refractivity contribution < 1.29 is 29.4 Å². The summed E-state index contributed by atoms with van der Waals surface area (Å²) in [5.41, 5.74) is 19.0. The molecule has 2 atom stereocenters. The Balaban J connectivity index is -0.000000256. The van der Waals surface area contributed by atoms with Gasteiger partial charge in [0.05, 0.1) is 24.0 Å². The van der Waals surface area contributed by atoms with Gasteiger partial charge in [0.1, 0.15) is 0 Å². The smallest absolute Gasteiger partial charge is 0.548 e. The first-order valence-electron chi connectivity index (χ1n) is 4.57. The Morgan fingerprint density at radius 1 is 0.789 bits per heavy atom. The number of aliphatic carboxylic acids is 2. The second kappa shape index (κ2) is 12.1. The molecule has 10 nitrogen and oxygen atoms in total. The van der Waals surface area contributed by atoms with Gasteiger partial charge in [-0.3, -0.25) is 9.59 Å². The number of carbonyl (C=O) groups is 4. The van der Waals surface area contributed by atoms with E-state index in [1.807, 2.05) is 0 Å². The van der Waals surface area contributed by atoms with Gasteiger partial charge in [-0.2, -0.15) is 0 Å². The summed E-state index contributed by atoms with van der Waals surface area (Å²) in [7, 11) is 0. The average Bonchev–Trinajstić information content (AvgIpc) is 2.16. The molecule has 0 rings (SSSR count). The van der Waals surface area contributed by atoms with Gasteiger partial charge < -0.3 is 42.7 Å². The van der Waals surface area contributed by atoms with Crippen molar-refractivity contribution in [3.63, 3.8) is 0 Å². The maximum atomic E-state index is 9.97. The molecule has 0 fully saturated rings. The van der Waals surface area contributed by atoms with E-state index in [-0.39, 0.29) is 50.6 Å². The fourth-order valence-corrected chi connectivity index (χ4v) is 0.600. The molecule has 0 heterocycles. The van der Waals surface area contributed by atoms with E-state index < -0.39 is 35.8 Å². The van der Waals surface area contributed by atoms with Crippen LogP contribution in [-0.2, 0) is 19.2 Å². The van der Waals surface area contributed by atoms with Crippen molar-refractivity contribution in [2.45, 2.75) is 24.9 Å². The molecule has 0 aliphatic heterocycles. The Bertz CT molecular complexity index is 305. The minimum absolute atomic E-state index is 0. The van der Waals surface area contributed by atoms with E-state index in [4.69, 9.17) is 11.5 Å². The number of amides is 2. The number of rotatable bonds is 6. The summed E-state index contributed by atoms with van der Waals surface area (Å²) in [6.45, 7) is 0. The molecular formula is C8H14CaN4O6. The molecule has 0 aromatic carbocycles. The second-order valence-corrected chi connectivity index (χ2v) is 3.19. The van der Waals surface area contributed by atoms with Crippen LogP contribution in [0.15, 0.2) is 0 Å². The molecule has 0 aliphatic carbocycles. The van der Waals surface area contributed by atoms with Gasteiger partial charge in [-0.1, -0.05) is 0 Å². The fraction of sp³-hybridized carbons (Fsp3) is 0.500. The normalized spacial score (nSPS) is 11.9. The Labute approximate surface area is 138 Å². The molecule has 0 saturated carbocycles. The largest absolute Gasteiger partial charge is 2.00 e.